The number of para-hydroxylation sites is 2. The first-order chi connectivity index (χ1) is 21.5. The largest absolute Gasteiger partial charge is 0.493 e. The zero-order valence-corrected chi connectivity index (χ0v) is 25.4. The van der Waals surface area contributed by atoms with Crippen LogP contribution in [-0.4, -0.2) is 35.5 Å². The lowest BCUT2D eigenvalue weighted by molar-refractivity contribution is -0.137. The van der Waals surface area contributed by atoms with E-state index >= 15 is 0 Å². The highest BCUT2D eigenvalue weighted by molar-refractivity contribution is 9.10. The highest BCUT2D eigenvalue weighted by Crippen LogP contribution is 2.42. The van der Waals surface area contributed by atoms with Gasteiger partial charge in [0.25, 0.3) is 11.5 Å². The van der Waals surface area contributed by atoms with Gasteiger partial charge >= 0.3 is 6.18 Å². The quantitative estimate of drug-likeness (QED) is 0.133. The number of rotatable bonds is 8. The topological polar surface area (TPSA) is 94.8 Å². The number of benzene rings is 4. The Hall–Kier alpha value is -4.75. The van der Waals surface area contributed by atoms with Gasteiger partial charge in [0.05, 0.1) is 35.5 Å². The lowest BCUT2D eigenvalue weighted by Gasteiger charge is -2.15. The summed E-state index contributed by atoms with van der Waals surface area (Å²) in [6, 6.07) is 17.8. The minimum absolute atomic E-state index is 0.0110. The Morgan fingerprint density at radius 2 is 1.82 bits per heavy atom. The van der Waals surface area contributed by atoms with Gasteiger partial charge in [-0.25, -0.2) is 9.37 Å². The van der Waals surface area contributed by atoms with E-state index in [1.807, 2.05) is 0 Å². The van der Waals surface area contributed by atoms with Crippen LogP contribution in [0.2, 0.25) is 5.02 Å². The number of nitrogens with one attached hydrogen (secondary N) is 1. The van der Waals surface area contributed by atoms with Crippen molar-refractivity contribution in [2.45, 2.75) is 6.18 Å². The van der Waals surface area contributed by atoms with E-state index in [-0.39, 0.29) is 54.5 Å². The second kappa shape index (κ2) is 13.1. The summed E-state index contributed by atoms with van der Waals surface area (Å²) >= 11 is 9.89. The molecular weight excluding hydrogens is 684 g/mol. The molecule has 0 radical (unpaired) electrons. The number of carbonyl (C=O) groups is 1. The van der Waals surface area contributed by atoms with Gasteiger partial charge in [0.2, 0.25) is 0 Å². The average Bonchev–Trinajstić information content (AvgIpc) is 3.02. The Labute approximate surface area is 266 Å². The molecule has 5 aromatic rings. The molecule has 1 amide bonds. The van der Waals surface area contributed by atoms with Crippen LogP contribution < -0.4 is 20.3 Å². The second-order valence-electron chi connectivity index (χ2n) is 9.33. The van der Waals surface area contributed by atoms with E-state index in [1.165, 1.54) is 55.8 Å². The number of aromatic nitrogens is 2. The van der Waals surface area contributed by atoms with Crippen molar-refractivity contribution in [1.82, 2.24) is 9.66 Å². The highest BCUT2D eigenvalue weighted by atomic mass is 79.9. The van der Waals surface area contributed by atoms with Gasteiger partial charge in [0, 0.05) is 15.6 Å². The molecule has 4 aromatic carbocycles. The van der Waals surface area contributed by atoms with Crippen LogP contribution in [0.3, 0.4) is 0 Å². The molecule has 8 nitrogen and oxygen atoms in total. The van der Waals surface area contributed by atoms with E-state index in [9.17, 15) is 27.2 Å². The Bertz CT molecular complexity index is 2020. The van der Waals surface area contributed by atoms with Gasteiger partial charge in [-0.1, -0.05) is 48.0 Å². The Balaban J connectivity index is 1.51. The summed E-state index contributed by atoms with van der Waals surface area (Å²) in [5.74, 6) is -1.34. The van der Waals surface area contributed by atoms with E-state index in [0.29, 0.717) is 0 Å². The molecule has 1 heterocycles. The van der Waals surface area contributed by atoms with E-state index in [4.69, 9.17) is 21.1 Å². The SMILES string of the molecule is COc1cc(C=Nn2c(-c3cccc(C(F)(F)F)c3)nc3ccccc3c2=O)c(Br)c(Cl)c1OCC(=O)Nc1ccccc1F. The normalized spacial score (nSPS) is 11.6. The molecular formula is C31H20BrClF4N4O4. The molecule has 0 spiro atoms. The lowest BCUT2D eigenvalue weighted by atomic mass is 10.1. The third-order valence-electron chi connectivity index (χ3n) is 6.39. The summed E-state index contributed by atoms with van der Waals surface area (Å²) in [5.41, 5.74) is -1.01. The number of carbonyl (C=O) groups excluding carboxylic acids is 1. The predicted octanol–water partition coefficient (Wildman–Crippen LogP) is 7.55. The molecule has 0 aliphatic carbocycles. The van der Waals surface area contributed by atoms with Gasteiger partial charge in [-0.2, -0.15) is 22.9 Å². The van der Waals surface area contributed by atoms with Crippen molar-refractivity contribution in [3.8, 4) is 22.9 Å². The minimum Gasteiger partial charge on any atom is -0.493 e. The van der Waals surface area contributed by atoms with Crippen molar-refractivity contribution in [3.05, 3.63) is 116 Å². The molecule has 0 aliphatic heterocycles. The molecule has 0 bridgehead atoms. The van der Waals surface area contributed by atoms with Crippen LogP contribution >= 0.6 is 27.5 Å². The molecule has 1 N–H and O–H groups in total. The van der Waals surface area contributed by atoms with E-state index in [2.05, 4.69) is 31.3 Å². The number of methoxy groups -OCH3 is 1. The number of ether oxygens (including phenoxy) is 2. The fourth-order valence-corrected chi connectivity index (χ4v) is 4.90. The maximum absolute atomic E-state index is 13.9. The number of anilines is 1. The van der Waals surface area contributed by atoms with E-state index in [0.717, 1.165) is 16.8 Å². The van der Waals surface area contributed by atoms with E-state index in [1.54, 1.807) is 24.3 Å². The molecule has 0 fully saturated rings. The smallest absolute Gasteiger partial charge is 0.416 e. The third-order valence-corrected chi connectivity index (χ3v) is 7.83. The molecule has 45 heavy (non-hydrogen) atoms. The van der Waals surface area contributed by atoms with Crippen molar-refractivity contribution in [2.75, 3.05) is 19.0 Å². The molecule has 14 heteroatoms. The third kappa shape index (κ3) is 6.84. The summed E-state index contributed by atoms with van der Waals surface area (Å²) in [7, 11) is 1.33. The number of hydrogen-bond acceptors (Lipinski definition) is 6. The molecule has 230 valence electrons. The Kier molecular flexibility index (Phi) is 9.21. The molecule has 0 unspecified atom stereocenters. The zero-order chi connectivity index (χ0) is 32.3. The summed E-state index contributed by atoms with van der Waals surface area (Å²) < 4.78 is 66.5. The predicted molar refractivity (Wildman–Crippen MR) is 166 cm³/mol. The van der Waals surface area contributed by atoms with Gasteiger partial charge in [0.15, 0.2) is 23.9 Å². The number of alkyl halides is 3. The molecule has 1 aromatic heterocycles. The monoisotopic (exact) mass is 702 g/mol. The number of hydrogen-bond donors (Lipinski definition) is 1. The number of halogens is 6. The molecule has 0 aliphatic rings. The maximum atomic E-state index is 13.9. The van der Waals surface area contributed by atoms with E-state index < -0.39 is 35.6 Å². The first-order valence-corrected chi connectivity index (χ1v) is 14.1. The van der Waals surface area contributed by atoms with Crippen LogP contribution in [0, 0.1) is 5.82 Å². The number of fused-ring (bicyclic) bond motifs is 1. The van der Waals surface area contributed by atoms with Crippen molar-refractivity contribution in [1.29, 1.82) is 0 Å². The van der Waals surface area contributed by atoms with Crippen molar-refractivity contribution < 1.29 is 31.8 Å². The average molecular weight is 704 g/mol. The Morgan fingerprint density at radius 3 is 2.56 bits per heavy atom. The summed E-state index contributed by atoms with van der Waals surface area (Å²) in [4.78, 5) is 30.3. The van der Waals surface area contributed by atoms with Crippen LogP contribution in [0.5, 0.6) is 11.5 Å². The molecule has 5 rings (SSSR count). The zero-order valence-electron chi connectivity index (χ0n) is 23.0. The lowest BCUT2D eigenvalue weighted by Crippen LogP contribution is -2.21. The van der Waals surface area contributed by atoms with Crippen LogP contribution in [0.4, 0.5) is 23.2 Å². The first kappa shape index (κ1) is 31.7. The molecule has 0 saturated heterocycles. The first-order valence-electron chi connectivity index (χ1n) is 12.9. The minimum atomic E-state index is -4.62. The van der Waals surface area contributed by atoms with Crippen LogP contribution in [0.15, 0.2) is 93.2 Å². The Morgan fingerprint density at radius 1 is 1.09 bits per heavy atom. The number of amides is 1. The number of nitrogens with zero attached hydrogens (tertiary/aromatic N) is 3. The summed E-state index contributed by atoms with van der Waals surface area (Å²) in [6.07, 6.45) is -3.39. The van der Waals surface area contributed by atoms with Gasteiger partial charge in [-0.15, -0.1) is 0 Å². The van der Waals surface area contributed by atoms with Crippen LogP contribution in [0.1, 0.15) is 11.1 Å². The summed E-state index contributed by atoms with van der Waals surface area (Å²) in [6.45, 7) is -0.539. The van der Waals surface area contributed by atoms with Crippen molar-refractivity contribution in [3.63, 3.8) is 0 Å². The standard InChI is InChI=1S/C31H20BrClF4N4O4/c1-44-24-14-18(26(32)27(33)28(24)45-16-25(42)39-23-12-5-3-10-21(23)34)15-38-41-29(17-7-6-8-19(13-17)31(35,36)37)40-22-11-4-2-9-20(22)30(41)43/h2-15H,16H2,1H3,(H,39,42). The summed E-state index contributed by atoms with van der Waals surface area (Å²) in [5, 5.41) is 6.85. The van der Waals surface area contributed by atoms with Gasteiger partial charge in [-0.3, -0.25) is 9.59 Å². The maximum Gasteiger partial charge on any atom is 0.416 e. The fourth-order valence-electron chi connectivity index (χ4n) is 4.24. The fraction of sp³-hybridized carbons (Fsp3) is 0.0968. The van der Waals surface area contributed by atoms with Gasteiger partial charge in [-0.05, 0) is 58.4 Å². The van der Waals surface area contributed by atoms with Crippen molar-refractivity contribution >= 4 is 56.2 Å². The van der Waals surface area contributed by atoms with Gasteiger partial charge < -0.3 is 14.8 Å². The van der Waals surface area contributed by atoms with Crippen LogP contribution in [-0.2, 0) is 11.0 Å². The van der Waals surface area contributed by atoms with Gasteiger partial charge in [0.1, 0.15) is 10.8 Å². The molecule has 0 saturated carbocycles. The van der Waals surface area contributed by atoms with Crippen molar-refractivity contribution in [2.24, 2.45) is 5.10 Å². The highest BCUT2D eigenvalue weighted by Gasteiger charge is 2.31. The van der Waals surface area contributed by atoms with Crippen LogP contribution in [0.25, 0.3) is 22.3 Å². The molecule has 0 atom stereocenters. The second-order valence-corrected chi connectivity index (χ2v) is 10.5.